The molecule has 1 aromatic carbocycles. The number of hydrogen-bond donors (Lipinski definition) is 2. The van der Waals surface area contributed by atoms with E-state index in [1.165, 1.54) is 17.8 Å². The van der Waals surface area contributed by atoms with Crippen LogP contribution in [0.15, 0.2) is 34.2 Å². The van der Waals surface area contributed by atoms with Crippen LogP contribution in [0.5, 0.6) is 0 Å². The van der Waals surface area contributed by atoms with Crippen LogP contribution in [0.2, 0.25) is 0 Å². The first kappa shape index (κ1) is 16.8. The number of nitriles is 1. The Morgan fingerprint density at radius 3 is 2.83 bits per heavy atom. The maximum atomic E-state index is 11.9. The molecule has 0 aliphatic rings. The van der Waals surface area contributed by atoms with Crippen molar-refractivity contribution in [1.29, 1.82) is 5.26 Å². The molecule has 23 heavy (non-hydrogen) atoms. The molecule has 7 heteroatoms. The Morgan fingerprint density at radius 1 is 1.43 bits per heavy atom. The zero-order valence-electron chi connectivity index (χ0n) is 12.5. The lowest BCUT2D eigenvalue weighted by Gasteiger charge is -2.07. The summed E-state index contributed by atoms with van der Waals surface area (Å²) >= 11 is 1.24. The van der Waals surface area contributed by atoms with Crippen molar-refractivity contribution < 1.29 is 9.90 Å². The number of carbonyl (C=O) groups is 1. The molecule has 0 fully saturated rings. The van der Waals surface area contributed by atoms with Gasteiger partial charge in [0.2, 0.25) is 0 Å². The van der Waals surface area contributed by atoms with Crippen molar-refractivity contribution in [3.05, 3.63) is 57.0 Å². The summed E-state index contributed by atoms with van der Waals surface area (Å²) in [6.45, 7) is 1.94. The molecule has 2 aromatic rings. The highest BCUT2D eigenvalue weighted by Gasteiger charge is 2.13. The van der Waals surface area contributed by atoms with Gasteiger partial charge in [0.15, 0.2) is 5.16 Å². The molecule has 2 rings (SSSR count). The third kappa shape index (κ3) is 3.99. The second-order valence-electron chi connectivity index (χ2n) is 4.81. The van der Waals surface area contributed by atoms with Gasteiger partial charge in [-0.1, -0.05) is 43.3 Å². The van der Waals surface area contributed by atoms with Gasteiger partial charge in [0, 0.05) is 5.75 Å². The minimum Gasteiger partial charge on any atom is -0.478 e. The fourth-order valence-corrected chi connectivity index (χ4v) is 2.98. The molecule has 6 nitrogen and oxygen atoms in total. The van der Waals surface area contributed by atoms with Crippen LogP contribution in [0.4, 0.5) is 0 Å². The molecular weight excluding hydrogens is 314 g/mol. The Balaban J connectivity index is 2.27. The van der Waals surface area contributed by atoms with Crippen molar-refractivity contribution in [2.24, 2.45) is 0 Å². The van der Waals surface area contributed by atoms with E-state index in [0.717, 1.165) is 6.42 Å². The van der Waals surface area contributed by atoms with Gasteiger partial charge in [-0.05, 0) is 18.1 Å². The van der Waals surface area contributed by atoms with Crippen molar-refractivity contribution in [1.82, 2.24) is 9.97 Å². The summed E-state index contributed by atoms with van der Waals surface area (Å²) in [5.74, 6) is -0.628. The van der Waals surface area contributed by atoms with E-state index in [1.54, 1.807) is 18.2 Å². The number of nitrogens with one attached hydrogen (secondary N) is 1. The van der Waals surface area contributed by atoms with Crippen LogP contribution in [-0.4, -0.2) is 21.0 Å². The second-order valence-corrected chi connectivity index (χ2v) is 5.77. The number of nitrogens with zero attached hydrogens (tertiary/aromatic N) is 2. The predicted octanol–water partition coefficient (Wildman–Crippen LogP) is 2.58. The van der Waals surface area contributed by atoms with E-state index < -0.39 is 11.5 Å². The van der Waals surface area contributed by atoms with Gasteiger partial charge in [-0.25, -0.2) is 9.78 Å². The first-order valence-electron chi connectivity index (χ1n) is 7.04. The lowest BCUT2D eigenvalue weighted by molar-refractivity contribution is 0.0696. The monoisotopic (exact) mass is 329 g/mol. The Bertz CT molecular complexity index is 824. The highest BCUT2D eigenvalue weighted by Crippen LogP contribution is 2.22. The average molecular weight is 329 g/mol. The first-order valence-corrected chi connectivity index (χ1v) is 8.02. The number of hydrogen-bond acceptors (Lipinski definition) is 5. The number of benzene rings is 1. The number of aryl methyl sites for hydroxylation is 1. The van der Waals surface area contributed by atoms with Crippen LogP contribution in [0.1, 0.15) is 40.5 Å². The average Bonchev–Trinajstić information content (AvgIpc) is 2.53. The number of aromatic nitrogens is 2. The zero-order chi connectivity index (χ0) is 16.8. The van der Waals surface area contributed by atoms with Crippen molar-refractivity contribution in [3.8, 4) is 6.07 Å². The molecule has 118 valence electrons. The molecule has 1 aromatic heterocycles. The number of H-pyrrole nitrogens is 1. The summed E-state index contributed by atoms with van der Waals surface area (Å²) in [7, 11) is 0. The van der Waals surface area contributed by atoms with Crippen LogP contribution >= 0.6 is 11.8 Å². The second kappa shape index (κ2) is 7.61. The Kier molecular flexibility index (Phi) is 5.55. The van der Waals surface area contributed by atoms with E-state index in [4.69, 9.17) is 5.26 Å². The van der Waals surface area contributed by atoms with Crippen LogP contribution in [-0.2, 0) is 12.2 Å². The predicted molar refractivity (Wildman–Crippen MR) is 86.5 cm³/mol. The molecule has 0 atom stereocenters. The molecule has 0 aliphatic heterocycles. The first-order chi connectivity index (χ1) is 11.1. The maximum absolute atomic E-state index is 11.9. The number of aromatic carboxylic acids is 1. The molecule has 0 radical (unpaired) electrons. The van der Waals surface area contributed by atoms with Crippen LogP contribution in [0.25, 0.3) is 0 Å². The molecule has 0 saturated heterocycles. The summed E-state index contributed by atoms with van der Waals surface area (Å²) in [4.78, 5) is 30.0. The summed E-state index contributed by atoms with van der Waals surface area (Å²) < 4.78 is 0. The van der Waals surface area contributed by atoms with Crippen molar-refractivity contribution >= 4 is 17.7 Å². The third-order valence-corrected chi connectivity index (χ3v) is 4.11. The van der Waals surface area contributed by atoms with E-state index in [-0.39, 0.29) is 11.1 Å². The number of rotatable bonds is 6. The third-order valence-electron chi connectivity index (χ3n) is 3.18. The summed E-state index contributed by atoms with van der Waals surface area (Å²) in [5, 5.41) is 18.6. The molecule has 2 N–H and O–H groups in total. The smallest absolute Gasteiger partial charge is 0.335 e. The van der Waals surface area contributed by atoms with Crippen LogP contribution in [0, 0.1) is 11.3 Å². The molecule has 0 saturated carbocycles. The van der Waals surface area contributed by atoms with Gasteiger partial charge in [0.05, 0.1) is 11.3 Å². The minimum absolute atomic E-state index is 0.0436. The fraction of sp³-hybridized carbons (Fsp3) is 0.250. The van der Waals surface area contributed by atoms with E-state index in [0.29, 0.717) is 28.6 Å². The Morgan fingerprint density at radius 2 is 2.17 bits per heavy atom. The summed E-state index contributed by atoms with van der Waals surface area (Å²) in [5.41, 5.74) is 0.939. The molecule has 0 spiro atoms. The zero-order valence-corrected chi connectivity index (χ0v) is 13.3. The topological polar surface area (TPSA) is 107 Å². The van der Waals surface area contributed by atoms with Crippen molar-refractivity contribution in [2.45, 2.75) is 30.7 Å². The van der Waals surface area contributed by atoms with E-state index in [9.17, 15) is 14.7 Å². The van der Waals surface area contributed by atoms with Crippen LogP contribution < -0.4 is 5.56 Å². The van der Waals surface area contributed by atoms with Crippen molar-refractivity contribution in [3.63, 3.8) is 0 Å². The molecule has 0 bridgehead atoms. The SMILES string of the molecule is CCCc1nc(SCc2ccccc2C(=O)O)[nH]c(=O)c1C#N. The number of carboxylic acid groups (broad SMARTS) is 1. The van der Waals surface area contributed by atoms with Crippen molar-refractivity contribution in [2.75, 3.05) is 0 Å². The van der Waals surface area contributed by atoms with E-state index in [1.807, 2.05) is 13.0 Å². The van der Waals surface area contributed by atoms with Gasteiger partial charge >= 0.3 is 5.97 Å². The Labute approximate surface area is 137 Å². The highest BCUT2D eigenvalue weighted by atomic mass is 32.2. The number of carboxylic acids is 1. The lowest BCUT2D eigenvalue weighted by atomic mass is 10.1. The quantitative estimate of drug-likeness (QED) is 0.623. The van der Waals surface area contributed by atoms with Crippen LogP contribution in [0.3, 0.4) is 0 Å². The van der Waals surface area contributed by atoms with Gasteiger partial charge in [-0.2, -0.15) is 5.26 Å². The summed E-state index contributed by atoms with van der Waals surface area (Å²) in [6.07, 6.45) is 1.32. The normalized spacial score (nSPS) is 10.3. The molecule has 0 amide bonds. The van der Waals surface area contributed by atoms with E-state index in [2.05, 4.69) is 9.97 Å². The molecule has 0 unspecified atom stereocenters. The molecule has 0 aliphatic carbocycles. The number of aromatic amines is 1. The lowest BCUT2D eigenvalue weighted by Crippen LogP contribution is -2.16. The molecular formula is C16H15N3O3S. The fourth-order valence-electron chi connectivity index (χ4n) is 2.10. The standard InChI is InChI=1S/C16H15N3O3S/c1-2-5-13-12(8-17)14(20)19-16(18-13)23-9-10-6-3-4-7-11(10)15(21)22/h3-4,6-7H,2,5,9H2,1H3,(H,21,22)(H,18,19,20). The van der Waals surface area contributed by atoms with E-state index >= 15 is 0 Å². The highest BCUT2D eigenvalue weighted by molar-refractivity contribution is 7.98. The van der Waals surface area contributed by atoms with Gasteiger partial charge in [0.1, 0.15) is 11.6 Å². The van der Waals surface area contributed by atoms with Gasteiger partial charge < -0.3 is 10.1 Å². The molecule has 1 heterocycles. The summed E-state index contributed by atoms with van der Waals surface area (Å²) in [6, 6.07) is 8.57. The van der Waals surface area contributed by atoms with Gasteiger partial charge in [-0.15, -0.1) is 0 Å². The van der Waals surface area contributed by atoms with Gasteiger partial charge in [-0.3, -0.25) is 4.79 Å². The maximum Gasteiger partial charge on any atom is 0.335 e. The minimum atomic E-state index is -0.992. The largest absolute Gasteiger partial charge is 0.478 e. The van der Waals surface area contributed by atoms with Gasteiger partial charge in [0.25, 0.3) is 5.56 Å². The number of thioether (sulfide) groups is 1. The Hall–Kier alpha value is -2.59.